The number of rotatable bonds is 2. The van der Waals surface area contributed by atoms with E-state index in [0.717, 1.165) is 17.0 Å². The minimum Gasteiger partial charge on any atom is -0.326 e. The molecule has 0 fully saturated rings. The molecule has 1 aromatic heterocycles. The number of nitrogens with two attached hydrogens (primary N) is 1. The van der Waals surface area contributed by atoms with Gasteiger partial charge in [-0.05, 0) is 26.0 Å². The van der Waals surface area contributed by atoms with Crippen LogP contribution in [0, 0.1) is 19.7 Å². The lowest BCUT2D eigenvalue weighted by molar-refractivity contribution is 0.608. The van der Waals surface area contributed by atoms with E-state index >= 15 is 0 Å². The fourth-order valence-corrected chi connectivity index (χ4v) is 1.83. The first-order valence-corrected chi connectivity index (χ1v) is 5.15. The van der Waals surface area contributed by atoms with Crippen LogP contribution in [0.1, 0.15) is 17.0 Å². The van der Waals surface area contributed by atoms with E-state index in [4.69, 9.17) is 5.73 Å². The molecule has 1 aromatic carbocycles. The van der Waals surface area contributed by atoms with Crippen LogP contribution in [0.4, 0.5) is 4.39 Å². The number of nitrogens with zero attached hydrogens (tertiary/aromatic N) is 2. The Morgan fingerprint density at radius 3 is 2.56 bits per heavy atom. The van der Waals surface area contributed by atoms with Gasteiger partial charge in [0.25, 0.3) is 0 Å². The summed E-state index contributed by atoms with van der Waals surface area (Å²) in [4.78, 5) is 0. The molecule has 2 N–H and O–H groups in total. The van der Waals surface area contributed by atoms with Crippen molar-refractivity contribution in [2.45, 2.75) is 20.4 Å². The molecule has 2 rings (SSSR count). The van der Waals surface area contributed by atoms with Crippen molar-refractivity contribution < 1.29 is 4.39 Å². The molecule has 4 heteroatoms. The summed E-state index contributed by atoms with van der Waals surface area (Å²) in [5.41, 5.74) is 8.81. The molecule has 1 heterocycles. The molecule has 84 valence electrons. The van der Waals surface area contributed by atoms with Crippen LogP contribution in [0.3, 0.4) is 0 Å². The fourth-order valence-electron chi connectivity index (χ4n) is 1.83. The second-order valence-corrected chi connectivity index (χ2v) is 3.72. The van der Waals surface area contributed by atoms with Crippen molar-refractivity contribution in [2.24, 2.45) is 5.73 Å². The van der Waals surface area contributed by atoms with Gasteiger partial charge in [0.1, 0.15) is 11.5 Å². The lowest BCUT2D eigenvalue weighted by atomic mass is 10.2. The molecule has 0 amide bonds. The zero-order valence-corrected chi connectivity index (χ0v) is 9.37. The van der Waals surface area contributed by atoms with E-state index in [1.54, 1.807) is 22.9 Å². The SMILES string of the molecule is Cc1nn(-c2ccccc2F)c(C)c1CN. The Kier molecular flexibility index (Phi) is 2.75. The van der Waals surface area contributed by atoms with Crippen molar-refractivity contribution >= 4 is 0 Å². The van der Waals surface area contributed by atoms with E-state index in [9.17, 15) is 4.39 Å². The fraction of sp³-hybridized carbons (Fsp3) is 0.250. The van der Waals surface area contributed by atoms with Gasteiger partial charge < -0.3 is 5.73 Å². The summed E-state index contributed by atoms with van der Waals surface area (Å²) in [5, 5.41) is 4.31. The summed E-state index contributed by atoms with van der Waals surface area (Å²) in [5.74, 6) is -0.281. The molecule has 0 atom stereocenters. The van der Waals surface area contributed by atoms with Gasteiger partial charge in [0.2, 0.25) is 0 Å². The number of hydrogen-bond donors (Lipinski definition) is 1. The second kappa shape index (κ2) is 4.06. The van der Waals surface area contributed by atoms with E-state index in [1.807, 2.05) is 13.8 Å². The number of para-hydroxylation sites is 1. The summed E-state index contributed by atoms with van der Waals surface area (Å²) < 4.78 is 15.2. The summed E-state index contributed by atoms with van der Waals surface area (Å²) in [6, 6.07) is 6.58. The Bertz CT molecular complexity index is 517. The van der Waals surface area contributed by atoms with E-state index in [0.29, 0.717) is 12.2 Å². The number of hydrogen-bond acceptors (Lipinski definition) is 2. The minimum atomic E-state index is -0.281. The molecular formula is C12H14FN3. The first-order chi connectivity index (χ1) is 7.65. The van der Waals surface area contributed by atoms with Crippen LogP contribution < -0.4 is 5.73 Å². The number of halogens is 1. The zero-order valence-electron chi connectivity index (χ0n) is 9.37. The third-order valence-electron chi connectivity index (χ3n) is 2.73. The normalized spacial score (nSPS) is 10.8. The van der Waals surface area contributed by atoms with Gasteiger partial charge in [0.15, 0.2) is 0 Å². The average molecular weight is 219 g/mol. The van der Waals surface area contributed by atoms with Gasteiger partial charge in [-0.15, -0.1) is 0 Å². The van der Waals surface area contributed by atoms with Crippen LogP contribution in [0.2, 0.25) is 0 Å². The van der Waals surface area contributed by atoms with Crippen molar-refractivity contribution in [1.82, 2.24) is 9.78 Å². The van der Waals surface area contributed by atoms with Gasteiger partial charge in [-0.25, -0.2) is 9.07 Å². The Morgan fingerprint density at radius 2 is 2.00 bits per heavy atom. The Labute approximate surface area is 93.7 Å². The Hall–Kier alpha value is -1.68. The number of aryl methyl sites for hydroxylation is 1. The molecule has 0 unspecified atom stereocenters. The topological polar surface area (TPSA) is 43.8 Å². The smallest absolute Gasteiger partial charge is 0.148 e. The van der Waals surface area contributed by atoms with Gasteiger partial charge >= 0.3 is 0 Å². The van der Waals surface area contributed by atoms with Crippen molar-refractivity contribution in [3.63, 3.8) is 0 Å². The first kappa shape index (κ1) is 10.8. The van der Waals surface area contributed by atoms with Crippen LogP contribution in [0.25, 0.3) is 5.69 Å². The molecule has 2 aromatic rings. The standard InChI is InChI=1S/C12H14FN3/c1-8-10(7-14)9(2)16(15-8)12-6-4-3-5-11(12)13/h3-6H,7,14H2,1-2H3. The van der Waals surface area contributed by atoms with Gasteiger partial charge in [-0.1, -0.05) is 12.1 Å². The monoisotopic (exact) mass is 219 g/mol. The van der Waals surface area contributed by atoms with Crippen LogP contribution in [0.15, 0.2) is 24.3 Å². The molecule has 0 aliphatic carbocycles. The maximum atomic E-state index is 13.6. The van der Waals surface area contributed by atoms with Gasteiger partial charge in [0.05, 0.1) is 5.69 Å². The Balaban J connectivity index is 2.62. The Morgan fingerprint density at radius 1 is 1.31 bits per heavy atom. The zero-order chi connectivity index (χ0) is 11.7. The highest BCUT2D eigenvalue weighted by molar-refractivity contribution is 5.38. The predicted octanol–water partition coefficient (Wildman–Crippen LogP) is 2.09. The first-order valence-electron chi connectivity index (χ1n) is 5.15. The minimum absolute atomic E-state index is 0.281. The molecular weight excluding hydrogens is 205 g/mol. The van der Waals surface area contributed by atoms with Gasteiger partial charge in [0, 0.05) is 17.8 Å². The molecule has 0 saturated carbocycles. The third-order valence-corrected chi connectivity index (χ3v) is 2.73. The largest absolute Gasteiger partial charge is 0.326 e. The lowest BCUT2D eigenvalue weighted by Crippen LogP contribution is -2.03. The predicted molar refractivity (Wildman–Crippen MR) is 60.9 cm³/mol. The second-order valence-electron chi connectivity index (χ2n) is 3.72. The van der Waals surface area contributed by atoms with Crippen molar-refractivity contribution in [2.75, 3.05) is 0 Å². The van der Waals surface area contributed by atoms with Crippen LogP contribution >= 0.6 is 0 Å². The number of aromatic nitrogens is 2. The van der Waals surface area contributed by atoms with Crippen LogP contribution in [-0.2, 0) is 6.54 Å². The summed E-state index contributed by atoms with van der Waals surface area (Å²) >= 11 is 0. The third kappa shape index (κ3) is 1.61. The van der Waals surface area contributed by atoms with Gasteiger partial charge in [-0.2, -0.15) is 5.10 Å². The summed E-state index contributed by atoms with van der Waals surface area (Å²) in [7, 11) is 0. The average Bonchev–Trinajstić information content (AvgIpc) is 2.55. The molecule has 16 heavy (non-hydrogen) atoms. The van der Waals surface area contributed by atoms with Crippen LogP contribution in [-0.4, -0.2) is 9.78 Å². The highest BCUT2D eigenvalue weighted by Crippen LogP contribution is 2.19. The molecule has 0 saturated heterocycles. The highest BCUT2D eigenvalue weighted by Gasteiger charge is 2.13. The summed E-state index contributed by atoms with van der Waals surface area (Å²) in [6.45, 7) is 4.20. The van der Waals surface area contributed by atoms with Crippen molar-refractivity contribution in [3.8, 4) is 5.69 Å². The van der Waals surface area contributed by atoms with Crippen LogP contribution in [0.5, 0.6) is 0 Å². The molecule has 3 nitrogen and oxygen atoms in total. The van der Waals surface area contributed by atoms with Crippen molar-refractivity contribution in [3.05, 3.63) is 47.0 Å². The molecule has 0 bridgehead atoms. The highest BCUT2D eigenvalue weighted by atomic mass is 19.1. The van der Waals surface area contributed by atoms with Gasteiger partial charge in [-0.3, -0.25) is 0 Å². The van der Waals surface area contributed by atoms with E-state index < -0.39 is 0 Å². The van der Waals surface area contributed by atoms with E-state index in [-0.39, 0.29) is 5.82 Å². The van der Waals surface area contributed by atoms with E-state index in [1.165, 1.54) is 6.07 Å². The lowest BCUT2D eigenvalue weighted by Gasteiger charge is -2.05. The van der Waals surface area contributed by atoms with E-state index in [2.05, 4.69) is 5.10 Å². The maximum absolute atomic E-state index is 13.6. The maximum Gasteiger partial charge on any atom is 0.148 e. The van der Waals surface area contributed by atoms with Crippen molar-refractivity contribution in [1.29, 1.82) is 0 Å². The quantitative estimate of drug-likeness (QED) is 0.840. The molecule has 0 radical (unpaired) electrons. The molecule has 0 aliphatic heterocycles. The molecule has 0 spiro atoms. The number of benzene rings is 1. The summed E-state index contributed by atoms with van der Waals surface area (Å²) in [6.07, 6.45) is 0. The molecule has 0 aliphatic rings.